The van der Waals surface area contributed by atoms with E-state index in [9.17, 15) is 14.4 Å². The van der Waals surface area contributed by atoms with Gasteiger partial charge in [-0.1, -0.05) is 88.7 Å². The Morgan fingerprint density at radius 2 is 1.57 bits per heavy atom. The molecule has 4 rings (SSSR count). The molecule has 8 heteroatoms. The molecule has 0 atom stereocenters. The van der Waals surface area contributed by atoms with E-state index in [1.807, 2.05) is 60.7 Å². The minimum atomic E-state index is -0.226. The number of hydrogen-bond acceptors (Lipinski definition) is 6. The van der Waals surface area contributed by atoms with Gasteiger partial charge in [-0.3, -0.25) is 19.1 Å². The number of para-hydroxylation sites is 1. The van der Waals surface area contributed by atoms with E-state index in [0.717, 1.165) is 40.1 Å². The number of carbonyl (C=O) groups is 3. The zero-order valence-electron chi connectivity index (χ0n) is 22.6. The van der Waals surface area contributed by atoms with Gasteiger partial charge in [0.2, 0.25) is 5.91 Å². The molecule has 3 aromatic rings. The van der Waals surface area contributed by atoms with Crippen molar-refractivity contribution < 1.29 is 14.4 Å². The van der Waals surface area contributed by atoms with Crippen LogP contribution in [-0.4, -0.2) is 22.3 Å². The lowest BCUT2D eigenvalue weighted by molar-refractivity contribution is -0.124. The molecule has 1 N–H and O–H groups in total. The summed E-state index contributed by atoms with van der Waals surface area (Å²) in [5, 5.41) is 0. The molecular weight excluding hydrogens is 557 g/mol. The normalized spacial score (nSPS) is 12.2. The Kier molecular flexibility index (Phi) is 10.4. The number of nitrogens with zero attached hydrogens (tertiary/aromatic N) is 1. The van der Waals surface area contributed by atoms with Gasteiger partial charge in [0.05, 0.1) is 12.2 Å². The maximum atomic E-state index is 13.4. The Labute approximate surface area is 249 Å². The van der Waals surface area contributed by atoms with E-state index in [0.29, 0.717) is 18.5 Å². The molecular formula is C32H32N2O3S3. The molecule has 40 heavy (non-hydrogen) atoms. The van der Waals surface area contributed by atoms with Crippen molar-refractivity contribution in [3.8, 4) is 11.8 Å². The van der Waals surface area contributed by atoms with Crippen LogP contribution in [0.3, 0.4) is 0 Å². The van der Waals surface area contributed by atoms with Crippen molar-refractivity contribution in [2.24, 2.45) is 0 Å². The lowest BCUT2D eigenvalue weighted by atomic mass is 10.0. The summed E-state index contributed by atoms with van der Waals surface area (Å²) in [6.45, 7) is 4.71. The van der Waals surface area contributed by atoms with E-state index >= 15 is 0 Å². The van der Waals surface area contributed by atoms with Gasteiger partial charge < -0.3 is 4.90 Å². The topological polar surface area (TPSA) is 66.5 Å². The first-order valence-corrected chi connectivity index (χ1v) is 15.9. The fourth-order valence-corrected chi connectivity index (χ4v) is 7.08. The van der Waals surface area contributed by atoms with Gasteiger partial charge in [-0.2, -0.15) is 0 Å². The van der Waals surface area contributed by atoms with Crippen LogP contribution in [0.15, 0.2) is 72.8 Å². The van der Waals surface area contributed by atoms with E-state index in [1.165, 1.54) is 0 Å². The van der Waals surface area contributed by atoms with Gasteiger partial charge in [-0.25, -0.2) is 0 Å². The number of fused-ring (bicyclic) bond motifs is 2. The monoisotopic (exact) mass is 588 g/mol. The maximum Gasteiger partial charge on any atom is 0.260 e. The van der Waals surface area contributed by atoms with Crippen LogP contribution in [0.2, 0.25) is 0 Å². The average molecular weight is 589 g/mol. The van der Waals surface area contributed by atoms with E-state index in [2.05, 4.69) is 43.2 Å². The minimum absolute atomic E-state index is 0.0682. The summed E-state index contributed by atoms with van der Waals surface area (Å²) in [5.74, 6) is 7.05. The van der Waals surface area contributed by atoms with Gasteiger partial charge in [0.25, 0.3) is 5.91 Å². The average Bonchev–Trinajstić information content (AvgIpc) is 2.96. The van der Waals surface area contributed by atoms with Crippen LogP contribution in [0.4, 0.5) is 5.69 Å². The maximum absolute atomic E-state index is 13.4. The molecule has 206 valence electrons. The van der Waals surface area contributed by atoms with Gasteiger partial charge >= 0.3 is 0 Å². The molecule has 0 saturated carbocycles. The first-order chi connectivity index (χ1) is 19.3. The Morgan fingerprint density at radius 1 is 0.900 bits per heavy atom. The number of anilines is 1. The number of amides is 2. The molecule has 0 unspecified atom stereocenters. The molecule has 0 saturated heterocycles. The van der Waals surface area contributed by atoms with Crippen LogP contribution in [-0.2, 0) is 21.9 Å². The number of rotatable bonds is 11. The number of carbonyl (C=O) groups excluding carboxylic acids is 3. The highest BCUT2D eigenvalue weighted by molar-refractivity contribution is 8.76. The predicted molar refractivity (Wildman–Crippen MR) is 169 cm³/mol. The van der Waals surface area contributed by atoms with Crippen molar-refractivity contribution in [1.29, 1.82) is 0 Å². The van der Waals surface area contributed by atoms with Crippen LogP contribution >= 0.6 is 34.4 Å². The first kappa shape index (κ1) is 29.9. The summed E-state index contributed by atoms with van der Waals surface area (Å²) in [6.07, 6.45) is 1.57. The van der Waals surface area contributed by atoms with Gasteiger partial charge in [0.1, 0.15) is 5.78 Å². The van der Waals surface area contributed by atoms with Crippen molar-refractivity contribution in [3.05, 3.63) is 101 Å². The summed E-state index contributed by atoms with van der Waals surface area (Å²) in [7, 11) is 3.48. The summed E-state index contributed by atoms with van der Waals surface area (Å²) >= 11 is 3.80. The zero-order valence-corrected chi connectivity index (χ0v) is 25.1. The van der Waals surface area contributed by atoms with Crippen LogP contribution in [0.25, 0.3) is 0 Å². The number of nitrogens with one attached hydrogen (secondary N) is 1. The van der Waals surface area contributed by atoms with Crippen LogP contribution in [0.1, 0.15) is 72.1 Å². The Balaban J connectivity index is 1.26. The highest BCUT2D eigenvalue weighted by Gasteiger charge is 2.24. The third kappa shape index (κ3) is 8.20. The molecule has 2 amide bonds. The van der Waals surface area contributed by atoms with Crippen LogP contribution < -0.4 is 9.62 Å². The molecule has 5 nitrogen and oxygen atoms in total. The molecule has 0 fully saturated rings. The summed E-state index contributed by atoms with van der Waals surface area (Å²) in [6, 6.07) is 23.0. The second-order valence-corrected chi connectivity index (χ2v) is 13.4. The molecule has 0 bridgehead atoms. The quantitative estimate of drug-likeness (QED) is 0.144. The lowest BCUT2D eigenvalue weighted by Crippen LogP contribution is -2.32. The van der Waals surface area contributed by atoms with E-state index in [-0.39, 0.29) is 35.2 Å². The minimum Gasteiger partial charge on any atom is -0.307 e. The molecule has 0 radical (unpaired) electrons. The number of ketones is 1. The lowest BCUT2D eigenvalue weighted by Gasteiger charge is -2.26. The molecule has 0 aromatic heterocycles. The zero-order chi connectivity index (χ0) is 28.5. The summed E-state index contributed by atoms with van der Waals surface area (Å²) in [5.41, 5.74) is 5.21. The Morgan fingerprint density at radius 3 is 2.33 bits per heavy atom. The summed E-state index contributed by atoms with van der Waals surface area (Å²) < 4.78 is 2.23. The summed E-state index contributed by atoms with van der Waals surface area (Å²) in [4.78, 5) is 39.6. The fourth-order valence-electron chi connectivity index (χ4n) is 4.27. The fraction of sp³-hybridized carbons (Fsp3) is 0.281. The smallest absolute Gasteiger partial charge is 0.260 e. The highest BCUT2D eigenvalue weighted by atomic mass is 33.1. The van der Waals surface area contributed by atoms with Crippen molar-refractivity contribution in [2.45, 2.75) is 56.6 Å². The van der Waals surface area contributed by atoms with Gasteiger partial charge in [0.15, 0.2) is 0 Å². The molecule has 3 aromatic carbocycles. The number of benzene rings is 3. The largest absolute Gasteiger partial charge is 0.307 e. The second kappa shape index (κ2) is 14.0. The van der Waals surface area contributed by atoms with Crippen molar-refractivity contribution in [3.63, 3.8) is 0 Å². The standard InChI is InChI=1S/C32H32N2O3S3/c1-32(2,40-39-22-23-11-13-26(14-12-23)31(37)33-38)20-19-28(35)17-18-30(36)34-21-27-9-4-3-7-24(27)15-16-25-8-5-6-10-29(25)34/h3-14,38H,17-22H2,1-2H3,(H,33,37). The third-order valence-corrected chi connectivity index (χ3v) is 10.1. The highest BCUT2D eigenvalue weighted by Crippen LogP contribution is 2.40. The molecule has 0 spiro atoms. The van der Waals surface area contributed by atoms with Crippen molar-refractivity contribution >= 4 is 57.7 Å². The van der Waals surface area contributed by atoms with Crippen LogP contribution in [0.5, 0.6) is 0 Å². The number of hydrogen-bond donors (Lipinski definition) is 2. The Hall–Kier alpha value is -3.12. The Bertz CT molecular complexity index is 1440. The van der Waals surface area contributed by atoms with Gasteiger partial charge in [0, 0.05) is 46.5 Å². The molecule has 1 heterocycles. The van der Waals surface area contributed by atoms with Crippen LogP contribution in [0, 0.1) is 11.8 Å². The third-order valence-electron chi connectivity index (χ3n) is 6.62. The van der Waals surface area contributed by atoms with E-state index in [4.69, 9.17) is 0 Å². The second-order valence-electron chi connectivity index (χ2n) is 10.2. The van der Waals surface area contributed by atoms with E-state index < -0.39 is 0 Å². The number of thiol groups is 1. The van der Waals surface area contributed by atoms with Crippen molar-refractivity contribution in [1.82, 2.24) is 4.72 Å². The van der Waals surface area contributed by atoms with Gasteiger partial charge in [-0.05, 0) is 61.7 Å². The predicted octanol–water partition coefficient (Wildman–Crippen LogP) is 7.00. The van der Waals surface area contributed by atoms with Crippen molar-refractivity contribution in [2.75, 3.05) is 4.90 Å². The first-order valence-electron chi connectivity index (χ1n) is 13.1. The van der Waals surface area contributed by atoms with Gasteiger partial charge in [-0.15, -0.1) is 0 Å². The molecule has 1 aliphatic rings. The van der Waals surface area contributed by atoms with E-state index in [1.54, 1.807) is 38.6 Å². The SMILES string of the molecule is CC(C)(CCC(=O)CCC(=O)N1Cc2ccccc2C#Cc2ccccc21)SSCc1ccc(C(=O)NS)cc1. The number of Topliss-reactive ketones (excluding diaryl/α,β-unsaturated/α-hetero) is 1. The molecule has 0 aliphatic carbocycles. The molecule has 1 aliphatic heterocycles.